The van der Waals surface area contributed by atoms with E-state index < -0.39 is 0 Å². The molecule has 2 N–H and O–H groups in total. The normalized spacial score (nSPS) is 16.4. The van der Waals surface area contributed by atoms with E-state index in [1.807, 2.05) is 61.5 Å². The molecule has 1 aliphatic rings. The number of hydrogen-bond acceptors (Lipinski definition) is 3. The van der Waals surface area contributed by atoms with Gasteiger partial charge in [0.15, 0.2) is 5.82 Å². The number of carbonyl (C=O) groups excluding carboxylic acids is 1. The largest absolute Gasteiger partial charge is 0.353 e. The third kappa shape index (κ3) is 4.20. The van der Waals surface area contributed by atoms with E-state index in [1.54, 1.807) is 0 Å². The third-order valence-corrected chi connectivity index (χ3v) is 5.46. The maximum Gasteiger partial charge on any atom is 0.224 e. The molecular weight excluding hydrogens is 372 g/mol. The van der Waals surface area contributed by atoms with Crippen molar-refractivity contribution in [2.24, 2.45) is 0 Å². The minimum absolute atomic E-state index is 0.0741. The number of halogens is 1. The van der Waals surface area contributed by atoms with Crippen LogP contribution in [-0.4, -0.2) is 35.2 Å². The standard InChI is InChI=1S/C22H23ClN4O/c1-15-4-2-3-5-17(15)12-22(28)24-19-10-11-27(14-19)21-13-20(25-26-21)16-6-8-18(23)9-7-16/h2-9,13,19H,10-12,14H2,1H3,(H,24,28)(H,25,26)/t19-/m1/s1. The molecule has 2 aromatic carbocycles. The number of anilines is 1. The summed E-state index contributed by atoms with van der Waals surface area (Å²) in [5.41, 5.74) is 4.23. The van der Waals surface area contributed by atoms with Crippen LogP contribution >= 0.6 is 11.6 Å². The van der Waals surface area contributed by atoms with Crippen molar-refractivity contribution < 1.29 is 4.79 Å². The molecule has 1 atom stereocenters. The van der Waals surface area contributed by atoms with Gasteiger partial charge in [0.2, 0.25) is 5.91 Å². The van der Waals surface area contributed by atoms with Gasteiger partial charge in [-0.25, -0.2) is 0 Å². The minimum atomic E-state index is 0.0741. The summed E-state index contributed by atoms with van der Waals surface area (Å²) in [5.74, 6) is 0.977. The van der Waals surface area contributed by atoms with Gasteiger partial charge in [0.1, 0.15) is 0 Å². The summed E-state index contributed by atoms with van der Waals surface area (Å²) in [6.45, 7) is 3.68. The number of rotatable bonds is 5. The van der Waals surface area contributed by atoms with E-state index in [0.29, 0.717) is 11.4 Å². The molecule has 5 nitrogen and oxygen atoms in total. The third-order valence-electron chi connectivity index (χ3n) is 5.21. The monoisotopic (exact) mass is 394 g/mol. The predicted molar refractivity (Wildman–Crippen MR) is 113 cm³/mol. The highest BCUT2D eigenvalue weighted by molar-refractivity contribution is 6.30. The number of H-pyrrole nitrogens is 1. The van der Waals surface area contributed by atoms with Crippen molar-refractivity contribution in [3.63, 3.8) is 0 Å². The zero-order chi connectivity index (χ0) is 19.5. The van der Waals surface area contributed by atoms with Crippen molar-refractivity contribution >= 4 is 23.3 Å². The molecule has 1 fully saturated rings. The summed E-state index contributed by atoms with van der Waals surface area (Å²) in [4.78, 5) is 14.6. The molecule has 3 aromatic rings. The second-order valence-electron chi connectivity index (χ2n) is 7.25. The molecule has 1 amide bonds. The average molecular weight is 395 g/mol. The number of aryl methyl sites for hydroxylation is 1. The van der Waals surface area contributed by atoms with E-state index in [0.717, 1.165) is 47.7 Å². The number of aromatic amines is 1. The molecule has 28 heavy (non-hydrogen) atoms. The lowest BCUT2D eigenvalue weighted by Gasteiger charge is -2.16. The Balaban J connectivity index is 1.35. The van der Waals surface area contributed by atoms with Crippen LogP contribution in [0.2, 0.25) is 5.02 Å². The summed E-state index contributed by atoms with van der Waals surface area (Å²) in [5, 5.41) is 11.4. The van der Waals surface area contributed by atoms with Gasteiger partial charge in [-0.3, -0.25) is 9.89 Å². The summed E-state index contributed by atoms with van der Waals surface area (Å²) < 4.78 is 0. The Kier molecular flexibility index (Phi) is 5.35. The zero-order valence-electron chi connectivity index (χ0n) is 15.8. The molecule has 0 unspecified atom stereocenters. The number of amides is 1. The van der Waals surface area contributed by atoms with Crippen LogP contribution in [0.25, 0.3) is 11.3 Å². The van der Waals surface area contributed by atoms with Gasteiger partial charge in [-0.2, -0.15) is 5.10 Å². The quantitative estimate of drug-likeness (QED) is 0.688. The van der Waals surface area contributed by atoms with Crippen LogP contribution < -0.4 is 10.2 Å². The second-order valence-corrected chi connectivity index (χ2v) is 7.69. The number of benzene rings is 2. The van der Waals surface area contributed by atoms with Crippen molar-refractivity contribution in [1.29, 1.82) is 0 Å². The van der Waals surface area contributed by atoms with Crippen LogP contribution in [0.5, 0.6) is 0 Å². The molecule has 0 bridgehead atoms. The van der Waals surface area contributed by atoms with Gasteiger partial charge in [-0.05, 0) is 42.2 Å². The SMILES string of the molecule is Cc1ccccc1CC(=O)N[C@@H]1CCN(c2cc(-c3ccc(Cl)cc3)[nH]n2)C1. The van der Waals surface area contributed by atoms with Crippen LogP contribution in [0.15, 0.2) is 54.6 Å². The maximum atomic E-state index is 12.4. The fourth-order valence-corrected chi connectivity index (χ4v) is 3.72. The van der Waals surface area contributed by atoms with Gasteiger partial charge < -0.3 is 10.2 Å². The Morgan fingerprint density at radius 1 is 1.25 bits per heavy atom. The van der Waals surface area contributed by atoms with Crippen LogP contribution in [0.3, 0.4) is 0 Å². The Labute approximate surface area is 169 Å². The topological polar surface area (TPSA) is 61.0 Å². The van der Waals surface area contributed by atoms with E-state index >= 15 is 0 Å². The highest BCUT2D eigenvalue weighted by Gasteiger charge is 2.25. The summed E-state index contributed by atoms with van der Waals surface area (Å²) >= 11 is 5.96. The Hall–Kier alpha value is -2.79. The van der Waals surface area contributed by atoms with Crippen molar-refractivity contribution in [2.75, 3.05) is 18.0 Å². The lowest BCUT2D eigenvalue weighted by atomic mass is 10.1. The van der Waals surface area contributed by atoms with E-state index in [1.165, 1.54) is 0 Å². The van der Waals surface area contributed by atoms with Gasteiger partial charge >= 0.3 is 0 Å². The molecule has 0 radical (unpaired) electrons. The number of nitrogens with zero attached hydrogens (tertiary/aromatic N) is 2. The van der Waals surface area contributed by atoms with Crippen molar-refractivity contribution in [1.82, 2.24) is 15.5 Å². The molecule has 0 aliphatic carbocycles. The molecular formula is C22H23ClN4O. The van der Waals surface area contributed by atoms with Gasteiger partial charge in [0, 0.05) is 30.2 Å². The van der Waals surface area contributed by atoms with Crippen LogP contribution in [-0.2, 0) is 11.2 Å². The number of aromatic nitrogens is 2. The number of carbonyl (C=O) groups is 1. The summed E-state index contributed by atoms with van der Waals surface area (Å²) in [6, 6.07) is 17.9. The van der Waals surface area contributed by atoms with Crippen molar-refractivity contribution in [2.45, 2.75) is 25.8 Å². The maximum absolute atomic E-state index is 12.4. The van der Waals surface area contributed by atoms with Crippen molar-refractivity contribution in [3.05, 3.63) is 70.7 Å². The Morgan fingerprint density at radius 2 is 2.04 bits per heavy atom. The number of hydrogen-bond donors (Lipinski definition) is 2. The van der Waals surface area contributed by atoms with Gasteiger partial charge in [-0.1, -0.05) is 48.0 Å². The predicted octanol–water partition coefficient (Wildman–Crippen LogP) is 3.98. The smallest absolute Gasteiger partial charge is 0.224 e. The van der Waals surface area contributed by atoms with Crippen molar-refractivity contribution in [3.8, 4) is 11.3 Å². The van der Waals surface area contributed by atoms with Crippen LogP contribution in [0.1, 0.15) is 17.5 Å². The van der Waals surface area contributed by atoms with E-state index in [-0.39, 0.29) is 11.9 Å². The highest BCUT2D eigenvalue weighted by atomic mass is 35.5. The fourth-order valence-electron chi connectivity index (χ4n) is 3.60. The van der Waals surface area contributed by atoms with E-state index in [2.05, 4.69) is 20.4 Å². The minimum Gasteiger partial charge on any atom is -0.353 e. The van der Waals surface area contributed by atoms with E-state index in [4.69, 9.17) is 11.6 Å². The molecule has 0 spiro atoms. The van der Waals surface area contributed by atoms with Crippen LogP contribution in [0.4, 0.5) is 5.82 Å². The first kappa shape index (κ1) is 18.6. The first-order valence-corrected chi connectivity index (χ1v) is 9.86. The molecule has 1 aliphatic heterocycles. The summed E-state index contributed by atoms with van der Waals surface area (Å²) in [6.07, 6.45) is 1.34. The van der Waals surface area contributed by atoms with Gasteiger partial charge in [-0.15, -0.1) is 0 Å². The number of nitrogens with one attached hydrogen (secondary N) is 2. The van der Waals surface area contributed by atoms with Gasteiger partial charge in [0.05, 0.1) is 12.1 Å². The molecule has 6 heteroatoms. The first-order valence-electron chi connectivity index (χ1n) is 9.48. The van der Waals surface area contributed by atoms with Gasteiger partial charge in [0.25, 0.3) is 0 Å². The fraction of sp³-hybridized carbons (Fsp3) is 0.273. The second kappa shape index (κ2) is 8.07. The average Bonchev–Trinajstić information content (AvgIpc) is 3.34. The zero-order valence-corrected chi connectivity index (χ0v) is 16.5. The lowest BCUT2D eigenvalue weighted by molar-refractivity contribution is -0.121. The summed E-state index contributed by atoms with van der Waals surface area (Å²) in [7, 11) is 0. The molecule has 144 valence electrons. The molecule has 0 saturated carbocycles. The lowest BCUT2D eigenvalue weighted by Crippen LogP contribution is -2.38. The molecule has 1 aromatic heterocycles. The molecule has 4 rings (SSSR count). The molecule has 1 saturated heterocycles. The Morgan fingerprint density at radius 3 is 2.82 bits per heavy atom. The van der Waals surface area contributed by atoms with Crippen LogP contribution in [0, 0.1) is 6.92 Å². The Bertz CT molecular complexity index is 967. The van der Waals surface area contributed by atoms with E-state index in [9.17, 15) is 4.79 Å². The highest BCUT2D eigenvalue weighted by Crippen LogP contribution is 2.25. The first-order chi connectivity index (χ1) is 13.6. The molecule has 2 heterocycles.